The maximum absolute atomic E-state index is 14.5. The van der Waals surface area contributed by atoms with E-state index in [0.29, 0.717) is 13.0 Å². The third-order valence-corrected chi connectivity index (χ3v) is 11.2. The van der Waals surface area contributed by atoms with Crippen LogP contribution in [-0.2, 0) is 23.9 Å². The lowest BCUT2D eigenvalue weighted by Gasteiger charge is -2.36. The van der Waals surface area contributed by atoms with Crippen LogP contribution < -0.4 is 16.0 Å². The molecule has 2 heterocycles. The van der Waals surface area contributed by atoms with Crippen molar-refractivity contribution in [2.45, 2.75) is 110 Å². The van der Waals surface area contributed by atoms with E-state index in [-0.39, 0.29) is 47.6 Å². The second-order valence-electron chi connectivity index (χ2n) is 17.0. The smallest absolute Gasteiger partial charge is 0.407 e. The molecule has 11 nitrogen and oxygen atoms in total. The minimum atomic E-state index is -1.15. The van der Waals surface area contributed by atoms with Crippen LogP contribution in [0.4, 0.5) is 4.79 Å². The summed E-state index contributed by atoms with van der Waals surface area (Å²) >= 11 is 0. The molecule has 51 heavy (non-hydrogen) atoms. The molecule has 272 valence electrons. The van der Waals surface area contributed by atoms with Crippen molar-refractivity contribution in [2.24, 2.45) is 23.2 Å². The van der Waals surface area contributed by atoms with Crippen LogP contribution in [0.15, 0.2) is 48.5 Å². The first-order valence-electron chi connectivity index (χ1n) is 18.0. The van der Waals surface area contributed by atoms with Gasteiger partial charge in [-0.2, -0.15) is 5.26 Å². The van der Waals surface area contributed by atoms with E-state index in [1.54, 1.807) is 6.92 Å². The summed E-state index contributed by atoms with van der Waals surface area (Å²) in [5.74, 6) is -1.63. The molecule has 2 aliphatic heterocycles. The number of nitrogens with one attached hydrogen (secondary N) is 3. The number of fused-ring (bicyclic) bond motifs is 4. The fourth-order valence-corrected chi connectivity index (χ4v) is 8.84. The quantitative estimate of drug-likeness (QED) is 0.320. The van der Waals surface area contributed by atoms with E-state index in [1.165, 1.54) is 4.90 Å². The Bertz CT molecular complexity index is 1710. The first kappa shape index (κ1) is 36.4. The minimum absolute atomic E-state index is 0.0769. The van der Waals surface area contributed by atoms with Gasteiger partial charge in [-0.1, -0.05) is 62.4 Å². The van der Waals surface area contributed by atoms with Crippen molar-refractivity contribution in [1.82, 2.24) is 20.9 Å². The Morgan fingerprint density at radius 1 is 1.02 bits per heavy atom. The molecular weight excluding hydrogens is 646 g/mol. The lowest BCUT2D eigenvalue weighted by Crippen LogP contribution is -2.60. The number of nitriles is 1. The van der Waals surface area contributed by atoms with E-state index in [0.717, 1.165) is 22.3 Å². The van der Waals surface area contributed by atoms with Crippen molar-refractivity contribution in [3.8, 4) is 17.2 Å². The summed E-state index contributed by atoms with van der Waals surface area (Å²) in [6, 6.07) is 15.4. The number of carbonyl (C=O) groups is 4. The average Bonchev–Trinajstić information content (AvgIpc) is 3.41. The van der Waals surface area contributed by atoms with Crippen molar-refractivity contribution in [3.05, 3.63) is 59.7 Å². The molecule has 2 aromatic rings. The van der Waals surface area contributed by atoms with E-state index in [4.69, 9.17) is 9.47 Å². The van der Waals surface area contributed by atoms with Crippen molar-refractivity contribution in [2.75, 3.05) is 13.2 Å². The van der Waals surface area contributed by atoms with Crippen molar-refractivity contribution < 1.29 is 28.7 Å². The lowest BCUT2D eigenvalue weighted by atomic mass is 9.91. The summed E-state index contributed by atoms with van der Waals surface area (Å²) in [4.78, 5) is 56.2. The van der Waals surface area contributed by atoms with E-state index in [2.05, 4.69) is 48.0 Å². The molecule has 0 radical (unpaired) electrons. The van der Waals surface area contributed by atoms with Gasteiger partial charge in [-0.3, -0.25) is 14.4 Å². The van der Waals surface area contributed by atoms with Gasteiger partial charge in [0.15, 0.2) is 0 Å². The van der Waals surface area contributed by atoms with Crippen LogP contribution in [0.1, 0.15) is 85.3 Å². The van der Waals surface area contributed by atoms with Gasteiger partial charge in [0.1, 0.15) is 24.7 Å². The Morgan fingerprint density at radius 3 is 2.18 bits per heavy atom. The van der Waals surface area contributed by atoms with Crippen molar-refractivity contribution in [1.29, 1.82) is 5.26 Å². The molecule has 0 spiro atoms. The van der Waals surface area contributed by atoms with Gasteiger partial charge >= 0.3 is 6.09 Å². The highest BCUT2D eigenvalue weighted by molar-refractivity contribution is 5.93. The van der Waals surface area contributed by atoms with E-state index in [1.807, 2.05) is 71.0 Å². The number of nitrogens with zero attached hydrogens (tertiary/aromatic N) is 2. The highest BCUT2D eigenvalue weighted by Gasteiger charge is 2.69. The molecule has 0 aromatic heterocycles. The second kappa shape index (κ2) is 13.3. The Balaban J connectivity index is 1.18. The van der Waals surface area contributed by atoms with Gasteiger partial charge in [0.05, 0.1) is 17.8 Å². The van der Waals surface area contributed by atoms with Gasteiger partial charge in [0.25, 0.3) is 0 Å². The predicted octanol–water partition coefficient (Wildman–Crippen LogP) is 4.89. The average molecular weight is 698 g/mol. The number of rotatable bonds is 10. The molecule has 0 bridgehead atoms. The van der Waals surface area contributed by atoms with Crippen LogP contribution in [0.25, 0.3) is 11.1 Å². The maximum atomic E-state index is 14.5. The molecular formula is C40H51N5O6. The Kier molecular flexibility index (Phi) is 9.47. The lowest BCUT2D eigenvalue weighted by molar-refractivity contribution is -0.147. The molecule has 2 saturated heterocycles. The molecule has 7 atom stereocenters. The summed E-state index contributed by atoms with van der Waals surface area (Å²) in [5, 5.41) is 18.6. The molecule has 4 amide bonds. The molecule has 0 unspecified atom stereocenters. The predicted molar refractivity (Wildman–Crippen MR) is 191 cm³/mol. The molecule has 1 saturated carbocycles. The van der Waals surface area contributed by atoms with Gasteiger partial charge in [-0.05, 0) is 93.9 Å². The molecule has 11 heteroatoms. The molecule has 3 N–H and O–H groups in total. The van der Waals surface area contributed by atoms with Gasteiger partial charge in [-0.15, -0.1) is 0 Å². The summed E-state index contributed by atoms with van der Waals surface area (Å²) in [6.45, 7) is 15.8. The first-order valence-corrected chi connectivity index (χ1v) is 18.0. The molecule has 2 aliphatic carbocycles. The van der Waals surface area contributed by atoms with Crippen LogP contribution in [0.5, 0.6) is 0 Å². The number of amides is 4. The highest BCUT2D eigenvalue weighted by Crippen LogP contribution is 2.65. The standard InChI is InChI=1S/C40H51N5O6/c1-22(51-38(2,3)4)32(43-37(49)50-21-29-27-15-11-9-13-25(27)26-14-10-12-16-28(26)29)36(48)45-20-30-31(40(30,7)8)33(45)35(47)42-24(19-41)17-23-18-39(5,6)44-34(23)46/h9-16,22-24,29-33H,17-18,20-21H2,1-8H3,(H,42,47)(H,43,49)(H,44,46)/t22-,23-,24+,30+,31+,32+,33+/m1/s1. The molecule has 2 aromatic carbocycles. The van der Waals surface area contributed by atoms with E-state index < -0.39 is 53.7 Å². The number of ether oxygens (including phenoxy) is 2. The summed E-state index contributed by atoms with van der Waals surface area (Å²) in [7, 11) is 0. The van der Waals surface area contributed by atoms with Gasteiger partial charge in [0, 0.05) is 23.9 Å². The zero-order valence-corrected chi connectivity index (χ0v) is 30.9. The molecule has 4 aliphatic rings. The second-order valence-corrected chi connectivity index (χ2v) is 17.0. The fourth-order valence-electron chi connectivity index (χ4n) is 8.84. The molecule has 6 rings (SSSR count). The van der Waals surface area contributed by atoms with Crippen molar-refractivity contribution >= 4 is 23.8 Å². The molecule has 3 fully saturated rings. The van der Waals surface area contributed by atoms with E-state index in [9.17, 15) is 24.4 Å². The van der Waals surface area contributed by atoms with Crippen LogP contribution in [0.2, 0.25) is 0 Å². The SMILES string of the molecule is C[C@@H](OC(C)(C)C)[C@H](NC(=O)OCC1c2ccccc2-c2ccccc21)C(=O)N1C[C@H]2[C@@H]([C@H]1C(=O)N[C@H](C#N)C[C@@H]1CC(C)(C)NC1=O)C2(C)C. The van der Waals surface area contributed by atoms with Crippen LogP contribution in [0.3, 0.4) is 0 Å². The number of piperidine rings is 1. The number of hydrogen-bond acceptors (Lipinski definition) is 7. The zero-order chi connectivity index (χ0) is 37.0. The topological polar surface area (TPSA) is 150 Å². The fraction of sp³-hybridized carbons (Fsp3) is 0.575. The summed E-state index contributed by atoms with van der Waals surface area (Å²) in [6.07, 6.45) is -0.784. The Morgan fingerprint density at radius 2 is 1.63 bits per heavy atom. The number of benzene rings is 2. The number of likely N-dealkylation sites (tertiary alicyclic amines) is 1. The van der Waals surface area contributed by atoms with Gasteiger partial charge < -0.3 is 30.3 Å². The Hall–Kier alpha value is -4.43. The Labute approximate surface area is 300 Å². The normalized spacial score (nSPS) is 25.7. The maximum Gasteiger partial charge on any atom is 0.407 e. The first-order chi connectivity index (χ1) is 23.9. The van der Waals surface area contributed by atoms with Crippen LogP contribution in [-0.4, -0.2) is 77.2 Å². The number of carbonyl (C=O) groups excluding carboxylic acids is 4. The van der Waals surface area contributed by atoms with E-state index >= 15 is 0 Å². The van der Waals surface area contributed by atoms with Crippen LogP contribution >= 0.6 is 0 Å². The van der Waals surface area contributed by atoms with Crippen LogP contribution in [0, 0.1) is 34.5 Å². The number of alkyl carbamates (subject to hydrolysis) is 1. The monoisotopic (exact) mass is 697 g/mol. The number of hydrogen-bond donors (Lipinski definition) is 3. The summed E-state index contributed by atoms with van der Waals surface area (Å²) in [5.41, 5.74) is 3.17. The third-order valence-electron chi connectivity index (χ3n) is 11.2. The third kappa shape index (κ3) is 7.21. The van der Waals surface area contributed by atoms with Gasteiger partial charge in [0.2, 0.25) is 17.7 Å². The zero-order valence-electron chi connectivity index (χ0n) is 30.9. The highest BCUT2D eigenvalue weighted by atomic mass is 16.6. The summed E-state index contributed by atoms with van der Waals surface area (Å²) < 4.78 is 12.0. The largest absolute Gasteiger partial charge is 0.449 e. The van der Waals surface area contributed by atoms with Crippen molar-refractivity contribution in [3.63, 3.8) is 0 Å². The van der Waals surface area contributed by atoms with Gasteiger partial charge in [-0.25, -0.2) is 4.79 Å². The minimum Gasteiger partial charge on any atom is -0.449 e.